The summed E-state index contributed by atoms with van der Waals surface area (Å²) in [5, 5.41) is 9.53. The van der Waals surface area contributed by atoms with Gasteiger partial charge in [0.05, 0.1) is 6.10 Å². The lowest BCUT2D eigenvalue weighted by molar-refractivity contribution is 0.0578. The first-order chi connectivity index (χ1) is 8.99. The molecule has 1 atom stereocenters. The summed E-state index contributed by atoms with van der Waals surface area (Å²) in [5.74, 6) is 0.0191. The van der Waals surface area contributed by atoms with Gasteiger partial charge in [0.25, 0.3) is 5.91 Å². The van der Waals surface area contributed by atoms with Crippen molar-refractivity contribution in [2.75, 3.05) is 6.54 Å². The van der Waals surface area contributed by atoms with Crippen molar-refractivity contribution in [1.82, 2.24) is 4.90 Å². The molecule has 1 aromatic carbocycles. The van der Waals surface area contributed by atoms with Crippen molar-refractivity contribution in [2.45, 2.75) is 52.2 Å². The lowest BCUT2D eigenvalue weighted by atomic mass is 10.0. The van der Waals surface area contributed by atoms with Crippen molar-refractivity contribution in [3.63, 3.8) is 0 Å². The molecule has 104 valence electrons. The number of benzene rings is 1. The average Bonchev–Trinajstić information content (AvgIpc) is 2.81. The molecule has 0 heterocycles. The molecule has 0 bridgehead atoms. The Labute approximate surface area is 115 Å². The molecule has 0 saturated heterocycles. The van der Waals surface area contributed by atoms with Crippen LogP contribution >= 0.6 is 0 Å². The smallest absolute Gasteiger partial charge is 0.254 e. The van der Waals surface area contributed by atoms with Crippen LogP contribution in [0.3, 0.4) is 0 Å². The largest absolute Gasteiger partial charge is 0.392 e. The maximum atomic E-state index is 12.5. The highest BCUT2D eigenvalue weighted by Crippen LogP contribution is 2.23. The Morgan fingerprint density at radius 1 is 1.26 bits per heavy atom. The van der Waals surface area contributed by atoms with Crippen molar-refractivity contribution >= 4 is 5.91 Å². The first-order valence-corrected chi connectivity index (χ1v) is 7.10. The number of nitrogens with zero attached hydrogens (tertiary/aromatic N) is 1. The number of fused-ring (bicyclic) bond motifs is 1. The Kier molecular flexibility index (Phi) is 4.25. The molecule has 3 nitrogen and oxygen atoms in total. The molecule has 3 heteroatoms. The van der Waals surface area contributed by atoms with E-state index in [1.165, 1.54) is 17.5 Å². The van der Waals surface area contributed by atoms with Crippen molar-refractivity contribution in [1.29, 1.82) is 0 Å². The van der Waals surface area contributed by atoms with Crippen molar-refractivity contribution < 1.29 is 9.90 Å². The molecule has 0 saturated carbocycles. The number of carbonyl (C=O) groups is 1. The Morgan fingerprint density at radius 3 is 2.58 bits per heavy atom. The predicted molar refractivity (Wildman–Crippen MR) is 76.3 cm³/mol. The number of aliphatic hydroxyl groups is 1. The molecule has 1 aliphatic carbocycles. The summed E-state index contributed by atoms with van der Waals surface area (Å²) in [6.45, 7) is 6.06. The molecule has 0 radical (unpaired) electrons. The van der Waals surface area contributed by atoms with E-state index < -0.39 is 6.10 Å². The first kappa shape index (κ1) is 14.1. The lowest BCUT2D eigenvalue weighted by Crippen LogP contribution is -2.41. The van der Waals surface area contributed by atoms with E-state index >= 15 is 0 Å². The van der Waals surface area contributed by atoms with Gasteiger partial charge in [-0.15, -0.1) is 0 Å². The van der Waals surface area contributed by atoms with Gasteiger partial charge >= 0.3 is 0 Å². The van der Waals surface area contributed by atoms with E-state index in [-0.39, 0.29) is 11.9 Å². The summed E-state index contributed by atoms with van der Waals surface area (Å²) in [7, 11) is 0. The van der Waals surface area contributed by atoms with E-state index in [4.69, 9.17) is 0 Å². The second-order valence-corrected chi connectivity index (χ2v) is 5.74. The monoisotopic (exact) mass is 261 g/mol. The van der Waals surface area contributed by atoms with Crippen LogP contribution in [-0.4, -0.2) is 34.6 Å². The van der Waals surface area contributed by atoms with Crippen molar-refractivity contribution in [2.24, 2.45) is 0 Å². The number of hydrogen-bond donors (Lipinski definition) is 1. The molecule has 1 amide bonds. The summed E-state index contributed by atoms with van der Waals surface area (Å²) in [5.41, 5.74) is 3.43. The van der Waals surface area contributed by atoms with E-state index in [1.54, 1.807) is 11.8 Å². The molecule has 1 aliphatic rings. The predicted octanol–water partition coefficient (Wildman–Crippen LogP) is 2.41. The van der Waals surface area contributed by atoms with Gasteiger partial charge in [0, 0.05) is 18.2 Å². The second kappa shape index (κ2) is 5.74. The van der Waals surface area contributed by atoms with Gasteiger partial charge in [0.2, 0.25) is 0 Å². The fourth-order valence-electron chi connectivity index (χ4n) is 2.68. The van der Waals surface area contributed by atoms with Crippen LogP contribution in [0.15, 0.2) is 18.2 Å². The number of carbonyl (C=O) groups excluding carboxylic acids is 1. The summed E-state index contributed by atoms with van der Waals surface area (Å²) < 4.78 is 0. The molecule has 0 aliphatic heterocycles. The second-order valence-electron chi connectivity index (χ2n) is 5.74. The molecule has 19 heavy (non-hydrogen) atoms. The van der Waals surface area contributed by atoms with Crippen LogP contribution in [-0.2, 0) is 12.8 Å². The number of amides is 1. The van der Waals surface area contributed by atoms with Gasteiger partial charge < -0.3 is 10.0 Å². The highest BCUT2D eigenvalue weighted by atomic mass is 16.3. The lowest BCUT2D eigenvalue weighted by Gasteiger charge is -2.28. The topological polar surface area (TPSA) is 40.5 Å². The molecule has 1 N–H and O–H groups in total. The minimum atomic E-state index is -0.499. The van der Waals surface area contributed by atoms with Crippen LogP contribution in [0.4, 0.5) is 0 Å². The van der Waals surface area contributed by atoms with Crippen LogP contribution in [0.1, 0.15) is 48.7 Å². The first-order valence-electron chi connectivity index (χ1n) is 7.10. The number of hydrogen-bond acceptors (Lipinski definition) is 2. The number of aryl methyl sites for hydroxylation is 2. The fourth-order valence-corrected chi connectivity index (χ4v) is 2.68. The van der Waals surface area contributed by atoms with E-state index in [0.717, 1.165) is 18.4 Å². The van der Waals surface area contributed by atoms with Gasteiger partial charge in [0.1, 0.15) is 0 Å². The van der Waals surface area contributed by atoms with E-state index in [2.05, 4.69) is 6.07 Å². The summed E-state index contributed by atoms with van der Waals surface area (Å²) in [6.07, 6.45) is 2.90. The minimum Gasteiger partial charge on any atom is -0.392 e. The highest BCUT2D eigenvalue weighted by Gasteiger charge is 2.21. The van der Waals surface area contributed by atoms with E-state index in [0.29, 0.717) is 6.54 Å². The third kappa shape index (κ3) is 3.16. The minimum absolute atomic E-state index is 0.0191. The SMILES string of the molecule is CC(O)CN(C(=O)c1ccc2c(c1)CCC2)C(C)C. The molecule has 1 aromatic rings. The van der Waals surface area contributed by atoms with Gasteiger partial charge in [-0.1, -0.05) is 6.07 Å². The molecule has 0 aromatic heterocycles. The Hall–Kier alpha value is -1.35. The van der Waals surface area contributed by atoms with Crippen LogP contribution in [0, 0.1) is 0 Å². The molecule has 0 fully saturated rings. The summed E-state index contributed by atoms with van der Waals surface area (Å²) in [4.78, 5) is 14.3. The third-order valence-electron chi connectivity index (χ3n) is 3.69. The van der Waals surface area contributed by atoms with E-state index in [1.807, 2.05) is 26.0 Å². The van der Waals surface area contributed by atoms with Gasteiger partial charge in [-0.05, 0) is 63.3 Å². The Bertz CT molecular complexity index is 466. The maximum absolute atomic E-state index is 12.5. The number of aliphatic hydroxyl groups excluding tert-OH is 1. The van der Waals surface area contributed by atoms with Crippen LogP contribution in [0.25, 0.3) is 0 Å². The van der Waals surface area contributed by atoms with Gasteiger partial charge in [0.15, 0.2) is 0 Å². The highest BCUT2D eigenvalue weighted by molar-refractivity contribution is 5.94. The zero-order chi connectivity index (χ0) is 14.0. The molecule has 1 unspecified atom stereocenters. The Morgan fingerprint density at radius 2 is 1.95 bits per heavy atom. The van der Waals surface area contributed by atoms with Crippen molar-refractivity contribution in [3.05, 3.63) is 34.9 Å². The van der Waals surface area contributed by atoms with Crippen LogP contribution < -0.4 is 0 Å². The Balaban J connectivity index is 2.21. The van der Waals surface area contributed by atoms with Crippen LogP contribution in [0.5, 0.6) is 0 Å². The average molecular weight is 261 g/mol. The van der Waals surface area contributed by atoms with Crippen LogP contribution in [0.2, 0.25) is 0 Å². The molecular formula is C16H23NO2. The van der Waals surface area contributed by atoms with Crippen molar-refractivity contribution in [3.8, 4) is 0 Å². The van der Waals surface area contributed by atoms with Gasteiger partial charge in [-0.25, -0.2) is 0 Å². The fraction of sp³-hybridized carbons (Fsp3) is 0.562. The zero-order valence-corrected chi connectivity index (χ0v) is 12.0. The normalized spacial score (nSPS) is 15.4. The number of rotatable bonds is 4. The molecule has 0 spiro atoms. The third-order valence-corrected chi connectivity index (χ3v) is 3.69. The summed E-state index contributed by atoms with van der Waals surface area (Å²) in [6, 6.07) is 6.12. The molecule has 2 rings (SSSR count). The summed E-state index contributed by atoms with van der Waals surface area (Å²) >= 11 is 0. The maximum Gasteiger partial charge on any atom is 0.254 e. The van der Waals surface area contributed by atoms with Gasteiger partial charge in [-0.2, -0.15) is 0 Å². The quantitative estimate of drug-likeness (QED) is 0.904. The molecular weight excluding hydrogens is 238 g/mol. The standard InChI is InChI=1S/C16H23NO2/c1-11(2)17(10-12(3)18)16(19)15-8-7-13-5-4-6-14(13)9-15/h7-9,11-12,18H,4-6,10H2,1-3H3. The van der Waals surface area contributed by atoms with E-state index in [9.17, 15) is 9.90 Å². The van der Waals surface area contributed by atoms with Gasteiger partial charge in [-0.3, -0.25) is 4.79 Å². The zero-order valence-electron chi connectivity index (χ0n) is 12.0.